The fourth-order valence-electron chi connectivity index (χ4n) is 2.13. The molecule has 1 amide bonds. The second-order valence-electron chi connectivity index (χ2n) is 4.73. The first kappa shape index (κ1) is 13.6. The number of H-pyrrole nitrogens is 2. The van der Waals surface area contributed by atoms with Gasteiger partial charge in [-0.1, -0.05) is 12.1 Å². The number of nitrogens with one attached hydrogen (secondary N) is 3. The van der Waals surface area contributed by atoms with Gasteiger partial charge in [0.15, 0.2) is 0 Å². The number of aromatic nitrogens is 2. The molecule has 5 nitrogen and oxygen atoms in total. The number of imidazole rings is 1. The second kappa shape index (κ2) is 5.21. The number of fused-ring (bicyclic) bond motifs is 1. The van der Waals surface area contributed by atoms with Crippen LogP contribution in [-0.4, -0.2) is 15.9 Å². The molecule has 1 aromatic heterocycles. The van der Waals surface area contributed by atoms with E-state index >= 15 is 0 Å². The first-order chi connectivity index (χ1) is 10.0. The van der Waals surface area contributed by atoms with Gasteiger partial charge in [0.2, 0.25) is 0 Å². The van der Waals surface area contributed by atoms with Crippen LogP contribution in [-0.2, 0) is 0 Å². The van der Waals surface area contributed by atoms with Crippen LogP contribution in [0.1, 0.15) is 15.9 Å². The van der Waals surface area contributed by atoms with Crippen molar-refractivity contribution >= 4 is 38.6 Å². The zero-order valence-corrected chi connectivity index (χ0v) is 12.7. The molecular weight excluding hydrogens is 334 g/mol. The molecule has 3 aromatic rings. The van der Waals surface area contributed by atoms with E-state index in [-0.39, 0.29) is 11.6 Å². The van der Waals surface area contributed by atoms with E-state index in [9.17, 15) is 9.59 Å². The van der Waals surface area contributed by atoms with Crippen molar-refractivity contribution in [2.45, 2.75) is 6.92 Å². The van der Waals surface area contributed by atoms with Gasteiger partial charge in [-0.25, -0.2) is 4.79 Å². The molecule has 0 unspecified atom stereocenters. The fraction of sp³-hybridized carbons (Fsp3) is 0.0667. The largest absolute Gasteiger partial charge is 0.323 e. The van der Waals surface area contributed by atoms with Gasteiger partial charge in [0.1, 0.15) is 0 Å². The Kier molecular flexibility index (Phi) is 3.39. The highest BCUT2D eigenvalue weighted by Gasteiger charge is 2.12. The number of hydrogen-bond acceptors (Lipinski definition) is 2. The van der Waals surface area contributed by atoms with E-state index in [4.69, 9.17) is 0 Å². The summed E-state index contributed by atoms with van der Waals surface area (Å²) in [5.41, 5.74) is 3.27. The monoisotopic (exact) mass is 345 g/mol. The number of benzene rings is 2. The molecule has 0 saturated heterocycles. The lowest BCUT2D eigenvalue weighted by molar-refractivity contribution is 0.102. The van der Waals surface area contributed by atoms with Crippen LogP contribution in [0.3, 0.4) is 0 Å². The number of carbonyl (C=O) groups excluding carboxylic acids is 1. The number of rotatable bonds is 2. The molecule has 21 heavy (non-hydrogen) atoms. The van der Waals surface area contributed by atoms with Crippen molar-refractivity contribution in [3.05, 3.63) is 62.5 Å². The molecule has 1 heterocycles. The van der Waals surface area contributed by atoms with E-state index in [1.165, 1.54) is 0 Å². The number of hydrogen-bond donors (Lipinski definition) is 3. The van der Waals surface area contributed by atoms with Gasteiger partial charge in [-0.05, 0) is 52.7 Å². The molecule has 2 aromatic carbocycles. The predicted molar refractivity (Wildman–Crippen MR) is 85.8 cm³/mol. The summed E-state index contributed by atoms with van der Waals surface area (Å²) in [5.74, 6) is -0.206. The third-order valence-corrected chi connectivity index (χ3v) is 4.26. The van der Waals surface area contributed by atoms with E-state index < -0.39 is 0 Å². The Bertz CT molecular complexity index is 895. The maximum atomic E-state index is 12.3. The molecule has 0 aliphatic carbocycles. The van der Waals surface area contributed by atoms with Crippen LogP contribution in [0.15, 0.2) is 45.7 Å². The summed E-state index contributed by atoms with van der Waals surface area (Å²) in [6.07, 6.45) is 0. The van der Waals surface area contributed by atoms with Gasteiger partial charge in [0.05, 0.1) is 16.6 Å². The third kappa shape index (κ3) is 2.62. The van der Waals surface area contributed by atoms with E-state index in [1.807, 2.05) is 19.1 Å². The van der Waals surface area contributed by atoms with E-state index in [0.29, 0.717) is 22.3 Å². The number of carbonyl (C=O) groups is 1. The van der Waals surface area contributed by atoms with Gasteiger partial charge >= 0.3 is 5.69 Å². The molecule has 0 atom stereocenters. The minimum atomic E-state index is -0.269. The molecule has 0 saturated carbocycles. The number of anilines is 1. The lowest BCUT2D eigenvalue weighted by Gasteiger charge is -2.08. The van der Waals surface area contributed by atoms with Gasteiger partial charge in [0.25, 0.3) is 5.91 Å². The Labute approximate surface area is 128 Å². The molecule has 3 N–H and O–H groups in total. The van der Waals surface area contributed by atoms with Gasteiger partial charge in [-0.3, -0.25) is 4.79 Å². The lowest BCUT2D eigenvalue weighted by Crippen LogP contribution is -2.12. The second-order valence-corrected chi connectivity index (χ2v) is 5.52. The molecule has 0 spiro atoms. The maximum absolute atomic E-state index is 12.3. The number of aryl methyl sites for hydroxylation is 1. The minimum Gasteiger partial charge on any atom is -0.322 e. The molecule has 0 bridgehead atoms. The molecule has 106 valence electrons. The van der Waals surface area contributed by atoms with Crippen molar-refractivity contribution in [2.75, 3.05) is 5.32 Å². The molecule has 0 aliphatic heterocycles. The molecular formula is C15H12BrN3O2. The van der Waals surface area contributed by atoms with Crippen LogP contribution in [0, 0.1) is 6.92 Å². The first-order valence-corrected chi connectivity index (χ1v) is 7.12. The van der Waals surface area contributed by atoms with Crippen LogP contribution < -0.4 is 11.0 Å². The molecule has 3 rings (SSSR count). The Balaban J connectivity index is 1.92. The smallest absolute Gasteiger partial charge is 0.322 e. The summed E-state index contributed by atoms with van der Waals surface area (Å²) < 4.78 is 0.777. The lowest BCUT2D eigenvalue weighted by atomic mass is 10.1. The van der Waals surface area contributed by atoms with Crippen LogP contribution in [0.25, 0.3) is 11.0 Å². The first-order valence-electron chi connectivity index (χ1n) is 6.33. The Morgan fingerprint density at radius 2 is 1.90 bits per heavy atom. The van der Waals surface area contributed by atoms with Crippen molar-refractivity contribution in [1.82, 2.24) is 9.97 Å². The van der Waals surface area contributed by atoms with Crippen LogP contribution >= 0.6 is 15.9 Å². The standard InChI is InChI=1S/C15H12BrN3O2/c1-8-3-2-4-10(13(8)16)14(20)17-9-5-6-11-12(7-9)19-15(21)18-11/h2-7H,1H3,(H,17,20)(H2,18,19,21). The number of aromatic amines is 2. The SMILES string of the molecule is Cc1cccc(C(=O)Nc2ccc3[nH]c(=O)[nH]c3c2)c1Br. The van der Waals surface area contributed by atoms with Gasteiger partial charge in [-0.2, -0.15) is 0 Å². The average molecular weight is 346 g/mol. The van der Waals surface area contributed by atoms with Gasteiger partial charge in [0, 0.05) is 10.2 Å². The van der Waals surface area contributed by atoms with Crippen molar-refractivity contribution in [3.8, 4) is 0 Å². The predicted octanol–water partition coefficient (Wildman–Crippen LogP) is 3.18. The highest BCUT2D eigenvalue weighted by molar-refractivity contribution is 9.10. The van der Waals surface area contributed by atoms with Gasteiger partial charge in [-0.15, -0.1) is 0 Å². The minimum absolute atomic E-state index is 0.206. The number of halogens is 1. The Morgan fingerprint density at radius 3 is 2.71 bits per heavy atom. The van der Waals surface area contributed by atoms with E-state index in [0.717, 1.165) is 10.0 Å². The molecule has 6 heteroatoms. The van der Waals surface area contributed by atoms with Crippen molar-refractivity contribution in [3.63, 3.8) is 0 Å². The summed E-state index contributed by atoms with van der Waals surface area (Å²) in [5, 5.41) is 2.82. The summed E-state index contributed by atoms with van der Waals surface area (Å²) in [6, 6.07) is 10.7. The molecule has 0 radical (unpaired) electrons. The zero-order chi connectivity index (χ0) is 15.0. The normalized spacial score (nSPS) is 10.8. The van der Waals surface area contributed by atoms with E-state index in [1.54, 1.807) is 24.3 Å². The summed E-state index contributed by atoms with van der Waals surface area (Å²) in [7, 11) is 0. The quantitative estimate of drug-likeness (QED) is 0.666. The van der Waals surface area contributed by atoms with E-state index in [2.05, 4.69) is 31.2 Å². The van der Waals surface area contributed by atoms with Gasteiger partial charge < -0.3 is 15.3 Å². The Hall–Kier alpha value is -2.34. The van der Waals surface area contributed by atoms with Crippen LogP contribution in [0.5, 0.6) is 0 Å². The molecule has 0 fully saturated rings. The topological polar surface area (TPSA) is 77.8 Å². The fourth-order valence-corrected chi connectivity index (χ4v) is 2.58. The summed E-state index contributed by atoms with van der Waals surface area (Å²) in [6.45, 7) is 1.93. The van der Waals surface area contributed by atoms with Crippen molar-refractivity contribution < 1.29 is 4.79 Å². The molecule has 0 aliphatic rings. The average Bonchev–Trinajstić information content (AvgIpc) is 2.81. The third-order valence-electron chi connectivity index (χ3n) is 3.21. The number of amides is 1. The van der Waals surface area contributed by atoms with Crippen LogP contribution in [0.2, 0.25) is 0 Å². The van der Waals surface area contributed by atoms with Crippen LogP contribution in [0.4, 0.5) is 5.69 Å². The summed E-state index contributed by atoms with van der Waals surface area (Å²) >= 11 is 3.42. The van der Waals surface area contributed by atoms with Crippen molar-refractivity contribution in [1.29, 1.82) is 0 Å². The highest BCUT2D eigenvalue weighted by Crippen LogP contribution is 2.22. The summed E-state index contributed by atoms with van der Waals surface area (Å²) in [4.78, 5) is 28.8. The highest BCUT2D eigenvalue weighted by atomic mass is 79.9. The maximum Gasteiger partial charge on any atom is 0.323 e. The van der Waals surface area contributed by atoms with Crippen molar-refractivity contribution in [2.24, 2.45) is 0 Å². The zero-order valence-electron chi connectivity index (χ0n) is 11.2. The Morgan fingerprint density at radius 1 is 1.14 bits per heavy atom.